The molecular formula is C17H30O4S. The van der Waals surface area contributed by atoms with Gasteiger partial charge in [0, 0.05) is 12.0 Å². The Hall–Kier alpha value is -0.970. The van der Waals surface area contributed by atoms with Gasteiger partial charge in [0.2, 0.25) is 0 Å². The average Bonchev–Trinajstić information content (AvgIpc) is 2.45. The van der Waals surface area contributed by atoms with Crippen molar-refractivity contribution >= 4 is 23.7 Å². The summed E-state index contributed by atoms with van der Waals surface area (Å²) in [5.74, 6) is 0.575. The van der Waals surface area contributed by atoms with Crippen molar-refractivity contribution in [2.45, 2.75) is 64.5 Å². The van der Waals surface area contributed by atoms with Crippen LogP contribution in [0.25, 0.3) is 0 Å². The smallest absolute Gasteiger partial charge is 0.333 e. The van der Waals surface area contributed by atoms with Crippen molar-refractivity contribution in [3.63, 3.8) is 0 Å². The zero-order valence-corrected chi connectivity index (χ0v) is 15.0. The van der Waals surface area contributed by atoms with Gasteiger partial charge in [0.25, 0.3) is 0 Å². The summed E-state index contributed by atoms with van der Waals surface area (Å²) in [6, 6.07) is 0. The van der Waals surface area contributed by atoms with E-state index >= 15 is 0 Å². The zero-order valence-electron chi connectivity index (χ0n) is 14.2. The number of ether oxygens (including phenoxy) is 2. The van der Waals surface area contributed by atoms with Crippen molar-refractivity contribution in [3.8, 4) is 0 Å². The lowest BCUT2D eigenvalue weighted by atomic mass is 10.2. The molecule has 22 heavy (non-hydrogen) atoms. The maximum absolute atomic E-state index is 11.4. The Balaban J connectivity index is 3.33. The van der Waals surface area contributed by atoms with E-state index in [1.54, 1.807) is 6.92 Å². The molecule has 0 spiro atoms. The predicted molar refractivity (Wildman–Crippen MR) is 92.0 cm³/mol. The van der Waals surface area contributed by atoms with Crippen LogP contribution in [0, 0.1) is 0 Å². The lowest BCUT2D eigenvalue weighted by molar-refractivity contribution is -0.146. The van der Waals surface area contributed by atoms with E-state index in [-0.39, 0.29) is 19.0 Å². The molecule has 0 fully saturated rings. The molecule has 0 aliphatic carbocycles. The molecular weight excluding hydrogens is 300 g/mol. The Bertz CT molecular complexity index is 340. The Morgan fingerprint density at radius 3 is 2.27 bits per heavy atom. The Kier molecular flexibility index (Phi) is 13.1. The summed E-state index contributed by atoms with van der Waals surface area (Å²) in [5.41, 5.74) is 0.370. The number of hydrogen-bond acceptors (Lipinski definition) is 5. The van der Waals surface area contributed by atoms with Crippen LogP contribution >= 0.6 is 11.8 Å². The maximum Gasteiger partial charge on any atom is 0.333 e. The molecule has 0 aromatic rings. The van der Waals surface area contributed by atoms with Crippen molar-refractivity contribution in [2.75, 3.05) is 19.0 Å². The van der Waals surface area contributed by atoms with Gasteiger partial charge in [-0.3, -0.25) is 4.79 Å². The van der Waals surface area contributed by atoms with Gasteiger partial charge in [-0.2, -0.15) is 11.8 Å². The minimum Gasteiger partial charge on any atom is -0.466 e. The number of esters is 2. The quantitative estimate of drug-likeness (QED) is 0.289. The van der Waals surface area contributed by atoms with Crippen molar-refractivity contribution in [1.29, 1.82) is 0 Å². The topological polar surface area (TPSA) is 52.6 Å². The van der Waals surface area contributed by atoms with Crippen LogP contribution in [0.4, 0.5) is 0 Å². The van der Waals surface area contributed by atoms with E-state index in [1.165, 1.54) is 18.6 Å². The van der Waals surface area contributed by atoms with Crippen LogP contribution in [0.3, 0.4) is 0 Å². The van der Waals surface area contributed by atoms with Crippen LogP contribution in [-0.2, 0) is 19.1 Å². The number of carbonyl (C=O) groups excluding carboxylic acids is 2. The molecule has 0 unspecified atom stereocenters. The average molecular weight is 330 g/mol. The maximum atomic E-state index is 11.4. The molecule has 0 rings (SSSR count). The van der Waals surface area contributed by atoms with E-state index in [9.17, 15) is 9.59 Å². The van der Waals surface area contributed by atoms with Gasteiger partial charge in [0.1, 0.15) is 0 Å². The second-order valence-electron chi connectivity index (χ2n) is 5.57. The first-order valence-corrected chi connectivity index (χ1v) is 9.08. The molecule has 0 aliphatic rings. The number of carbonyl (C=O) groups is 2. The highest BCUT2D eigenvalue weighted by atomic mass is 32.2. The number of hydrogen-bond donors (Lipinski definition) is 0. The molecule has 128 valence electrons. The molecule has 0 atom stereocenters. The zero-order chi connectivity index (χ0) is 16.8. The summed E-state index contributed by atoms with van der Waals surface area (Å²) in [5, 5.41) is 0.704. The number of rotatable bonds is 13. The minimum absolute atomic E-state index is 0.221. The van der Waals surface area contributed by atoms with Crippen molar-refractivity contribution in [3.05, 3.63) is 12.2 Å². The van der Waals surface area contributed by atoms with E-state index in [0.717, 1.165) is 12.8 Å². The van der Waals surface area contributed by atoms with Crippen LogP contribution in [-0.4, -0.2) is 36.2 Å². The minimum atomic E-state index is -0.413. The fourth-order valence-electron chi connectivity index (χ4n) is 1.64. The molecule has 0 aromatic heterocycles. The van der Waals surface area contributed by atoms with Gasteiger partial charge >= 0.3 is 11.9 Å². The number of thioether (sulfide) groups is 1. The third-order valence-corrected chi connectivity index (χ3v) is 4.05. The van der Waals surface area contributed by atoms with Crippen LogP contribution in [0.2, 0.25) is 0 Å². The molecule has 5 heteroatoms. The van der Waals surface area contributed by atoms with Crippen LogP contribution in [0.1, 0.15) is 59.3 Å². The molecule has 0 heterocycles. The van der Waals surface area contributed by atoms with Gasteiger partial charge in [-0.1, -0.05) is 33.3 Å². The molecule has 0 saturated carbocycles. The lowest BCUT2D eigenvalue weighted by Gasteiger charge is -2.06. The Labute approximate surface area is 139 Å². The standard InChI is InChI=1S/C17H30O4S/c1-14(2)17(19)21-12-9-10-16(18)20-11-7-5-6-8-13-22-15(3)4/h15H,1,5-13H2,2-4H3. The summed E-state index contributed by atoms with van der Waals surface area (Å²) in [6.07, 6.45) is 5.21. The predicted octanol–water partition coefficient (Wildman–Crippen LogP) is 4.13. The molecule has 0 saturated heterocycles. The highest BCUT2D eigenvalue weighted by molar-refractivity contribution is 7.99. The molecule has 0 aromatic carbocycles. The molecule has 0 amide bonds. The van der Waals surface area contributed by atoms with Gasteiger partial charge in [0.15, 0.2) is 0 Å². The van der Waals surface area contributed by atoms with Gasteiger partial charge < -0.3 is 9.47 Å². The lowest BCUT2D eigenvalue weighted by Crippen LogP contribution is -2.10. The summed E-state index contributed by atoms with van der Waals surface area (Å²) in [4.78, 5) is 22.6. The normalized spacial score (nSPS) is 10.5. The van der Waals surface area contributed by atoms with Crippen molar-refractivity contribution in [2.24, 2.45) is 0 Å². The van der Waals surface area contributed by atoms with E-state index in [1.807, 2.05) is 11.8 Å². The second kappa shape index (κ2) is 13.7. The van der Waals surface area contributed by atoms with Gasteiger partial charge in [-0.25, -0.2) is 4.79 Å². The largest absolute Gasteiger partial charge is 0.466 e. The van der Waals surface area contributed by atoms with E-state index < -0.39 is 5.97 Å². The monoisotopic (exact) mass is 330 g/mol. The molecule has 0 N–H and O–H groups in total. The third-order valence-electron chi connectivity index (χ3n) is 2.86. The Morgan fingerprint density at radius 1 is 1.00 bits per heavy atom. The molecule has 0 radical (unpaired) electrons. The summed E-state index contributed by atoms with van der Waals surface area (Å²) in [6.45, 7) is 10.2. The first-order valence-electron chi connectivity index (χ1n) is 8.03. The summed E-state index contributed by atoms with van der Waals surface area (Å²) >= 11 is 1.99. The van der Waals surface area contributed by atoms with Crippen molar-refractivity contribution in [1.82, 2.24) is 0 Å². The van der Waals surface area contributed by atoms with Crippen LogP contribution in [0.5, 0.6) is 0 Å². The second-order valence-corrected chi connectivity index (χ2v) is 7.26. The van der Waals surface area contributed by atoms with Crippen LogP contribution < -0.4 is 0 Å². The van der Waals surface area contributed by atoms with E-state index in [2.05, 4.69) is 20.4 Å². The highest BCUT2D eigenvalue weighted by Gasteiger charge is 2.05. The first kappa shape index (κ1) is 21.0. The van der Waals surface area contributed by atoms with Gasteiger partial charge in [-0.05, 0) is 37.2 Å². The highest BCUT2D eigenvalue weighted by Crippen LogP contribution is 2.12. The SMILES string of the molecule is C=C(C)C(=O)OCCCC(=O)OCCCCCCSC(C)C. The summed E-state index contributed by atoms with van der Waals surface area (Å²) in [7, 11) is 0. The fourth-order valence-corrected chi connectivity index (χ4v) is 2.48. The molecule has 4 nitrogen and oxygen atoms in total. The van der Waals surface area contributed by atoms with Crippen molar-refractivity contribution < 1.29 is 19.1 Å². The third kappa shape index (κ3) is 14.0. The van der Waals surface area contributed by atoms with E-state index in [4.69, 9.17) is 9.47 Å². The molecule has 0 aliphatic heterocycles. The first-order chi connectivity index (χ1) is 10.4. The summed E-state index contributed by atoms with van der Waals surface area (Å²) < 4.78 is 10.0. The van der Waals surface area contributed by atoms with Gasteiger partial charge in [-0.15, -0.1) is 0 Å². The number of unbranched alkanes of at least 4 members (excludes halogenated alkanes) is 3. The van der Waals surface area contributed by atoms with E-state index in [0.29, 0.717) is 23.9 Å². The Morgan fingerprint density at radius 2 is 1.64 bits per heavy atom. The molecule has 0 bridgehead atoms. The van der Waals surface area contributed by atoms with Crippen LogP contribution in [0.15, 0.2) is 12.2 Å². The van der Waals surface area contributed by atoms with Gasteiger partial charge in [0.05, 0.1) is 13.2 Å². The fraction of sp³-hybridized carbons (Fsp3) is 0.765.